The van der Waals surface area contributed by atoms with Crippen molar-refractivity contribution in [1.82, 2.24) is 15.6 Å². The Bertz CT molecular complexity index is 852. The van der Waals surface area contributed by atoms with E-state index in [1.165, 1.54) is 0 Å². The fourth-order valence-corrected chi connectivity index (χ4v) is 3.73. The third kappa shape index (κ3) is 3.01. The topological polar surface area (TPSA) is 67.2 Å². The number of aromatic nitrogens is 1. The van der Waals surface area contributed by atoms with E-state index in [9.17, 15) is 4.79 Å². The molecule has 2 heterocycles. The number of carbonyl (C=O) groups excluding carboxylic acids is 1. The molecule has 6 heteroatoms. The first-order valence-corrected chi connectivity index (χ1v) is 9.01. The largest absolute Gasteiger partial charge is 0.459 e. The van der Waals surface area contributed by atoms with Crippen molar-refractivity contribution in [3.63, 3.8) is 0 Å². The second-order valence-electron chi connectivity index (χ2n) is 6.16. The molecular formula is C18H19N3O2S. The smallest absolute Gasteiger partial charge is 0.315 e. The van der Waals surface area contributed by atoms with E-state index in [2.05, 4.69) is 15.6 Å². The van der Waals surface area contributed by atoms with Crippen molar-refractivity contribution in [2.75, 3.05) is 0 Å². The molecular weight excluding hydrogens is 322 g/mol. The summed E-state index contributed by atoms with van der Waals surface area (Å²) in [7, 11) is 0. The molecule has 1 aliphatic carbocycles. The number of fused-ring (bicyclic) bond motifs is 1. The molecule has 0 radical (unpaired) electrons. The molecule has 2 amide bonds. The van der Waals surface area contributed by atoms with E-state index in [-0.39, 0.29) is 12.1 Å². The number of rotatable bonds is 5. The number of urea groups is 1. The van der Waals surface area contributed by atoms with Crippen LogP contribution in [-0.4, -0.2) is 11.0 Å². The van der Waals surface area contributed by atoms with Gasteiger partial charge in [0.2, 0.25) is 0 Å². The van der Waals surface area contributed by atoms with Crippen molar-refractivity contribution in [1.29, 1.82) is 0 Å². The Morgan fingerprint density at radius 1 is 1.42 bits per heavy atom. The van der Waals surface area contributed by atoms with Crippen LogP contribution in [-0.2, 0) is 6.54 Å². The summed E-state index contributed by atoms with van der Waals surface area (Å²) in [5.41, 5.74) is 1.93. The molecule has 0 saturated heterocycles. The minimum Gasteiger partial charge on any atom is -0.459 e. The molecule has 1 fully saturated rings. The Kier molecular flexibility index (Phi) is 3.98. The van der Waals surface area contributed by atoms with Crippen molar-refractivity contribution >= 4 is 28.3 Å². The zero-order valence-corrected chi connectivity index (χ0v) is 14.2. The maximum atomic E-state index is 12.3. The van der Waals surface area contributed by atoms with Crippen LogP contribution >= 0.6 is 11.3 Å². The Balaban J connectivity index is 1.41. The lowest BCUT2D eigenvalue weighted by molar-refractivity contribution is 0.234. The summed E-state index contributed by atoms with van der Waals surface area (Å²) < 4.78 is 5.83. The maximum absolute atomic E-state index is 12.3. The van der Waals surface area contributed by atoms with Crippen molar-refractivity contribution < 1.29 is 9.21 Å². The molecule has 2 N–H and O–H groups in total. The Hall–Kier alpha value is -2.34. The van der Waals surface area contributed by atoms with E-state index in [0.29, 0.717) is 12.5 Å². The maximum Gasteiger partial charge on any atom is 0.315 e. The van der Waals surface area contributed by atoms with Crippen LogP contribution in [0.15, 0.2) is 40.3 Å². The summed E-state index contributed by atoms with van der Waals surface area (Å²) in [5.74, 6) is 1.30. The number of benzene rings is 1. The lowest BCUT2D eigenvalue weighted by atomic mass is 10.1. The van der Waals surface area contributed by atoms with Gasteiger partial charge < -0.3 is 15.1 Å². The van der Waals surface area contributed by atoms with Crippen LogP contribution in [0.1, 0.15) is 35.2 Å². The number of amides is 2. The van der Waals surface area contributed by atoms with Gasteiger partial charge in [0.1, 0.15) is 16.4 Å². The average Bonchev–Trinajstić information content (AvgIpc) is 3.19. The van der Waals surface area contributed by atoms with Gasteiger partial charge in [0.15, 0.2) is 0 Å². The zero-order valence-electron chi connectivity index (χ0n) is 13.4. The summed E-state index contributed by atoms with van der Waals surface area (Å²) in [6.45, 7) is 2.39. The summed E-state index contributed by atoms with van der Waals surface area (Å²) in [5, 5.41) is 9.99. The Morgan fingerprint density at radius 3 is 2.96 bits per heavy atom. The highest BCUT2D eigenvalue weighted by atomic mass is 32.1. The fourth-order valence-electron chi connectivity index (χ4n) is 2.95. The first kappa shape index (κ1) is 15.2. The van der Waals surface area contributed by atoms with E-state index in [0.717, 1.165) is 40.1 Å². The van der Waals surface area contributed by atoms with Crippen LogP contribution < -0.4 is 10.6 Å². The molecule has 24 heavy (non-hydrogen) atoms. The molecule has 4 rings (SSSR count). The number of nitrogens with one attached hydrogen (secondary N) is 2. The summed E-state index contributed by atoms with van der Waals surface area (Å²) >= 11 is 1.59. The van der Waals surface area contributed by atoms with E-state index >= 15 is 0 Å². The monoisotopic (exact) mass is 341 g/mol. The van der Waals surface area contributed by atoms with Gasteiger partial charge in [0.05, 0.1) is 12.6 Å². The van der Waals surface area contributed by atoms with E-state index in [4.69, 9.17) is 4.42 Å². The van der Waals surface area contributed by atoms with Gasteiger partial charge in [-0.1, -0.05) is 18.2 Å². The minimum atomic E-state index is -0.179. The van der Waals surface area contributed by atoms with Gasteiger partial charge in [-0.2, -0.15) is 0 Å². The highest BCUT2D eigenvalue weighted by Gasteiger charge is 2.35. The van der Waals surface area contributed by atoms with Crippen molar-refractivity contribution in [3.05, 3.63) is 52.2 Å². The van der Waals surface area contributed by atoms with Gasteiger partial charge in [-0.15, -0.1) is 11.3 Å². The van der Waals surface area contributed by atoms with Gasteiger partial charge in [0.25, 0.3) is 0 Å². The van der Waals surface area contributed by atoms with Crippen molar-refractivity contribution in [2.24, 2.45) is 5.92 Å². The number of hydrogen-bond acceptors (Lipinski definition) is 4. The van der Waals surface area contributed by atoms with E-state index < -0.39 is 0 Å². The number of aryl methyl sites for hydroxylation is 1. The standard InChI is InChI=1S/C18H19N3O2S/c1-11-13-4-2-3-5-14(13)23-15(11)10-20-18(22)21-16(12-6-7-12)17-19-8-9-24-17/h2-5,8-9,12,16H,6-7,10H2,1H3,(H2,20,21,22)/t16-/m1/s1. The predicted molar refractivity (Wildman–Crippen MR) is 93.9 cm³/mol. The molecule has 0 bridgehead atoms. The van der Waals surface area contributed by atoms with E-state index in [1.54, 1.807) is 17.5 Å². The van der Waals surface area contributed by atoms with Crippen LogP contribution in [0.3, 0.4) is 0 Å². The van der Waals surface area contributed by atoms with Crippen LogP contribution in [0.5, 0.6) is 0 Å². The third-order valence-corrected chi connectivity index (χ3v) is 5.31. The highest BCUT2D eigenvalue weighted by Crippen LogP contribution is 2.41. The number of nitrogens with zero attached hydrogens (tertiary/aromatic N) is 1. The molecule has 1 saturated carbocycles. The quantitative estimate of drug-likeness (QED) is 0.732. The van der Waals surface area contributed by atoms with Crippen LogP contribution in [0, 0.1) is 12.8 Å². The SMILES string of the molecule is Cc1c(CNC(=O)N[C@@H](c2nccs2)C2CC2)oc2ccccc12. The van der Waals surface area contributed by atoms with Crippen molar-refractivity contribution in [2.45, 2.75) is 32.4 Å². The van der Waals surface area contributed by atoms with Gasteiger partial charge in [-0.3, -0.25) is 0 Å². The summed E-state index contributed by atoms with van der Waals surface area (Å²) in [4.78, 5) is 16.6. The second kappa shape index (κ2) is 6.28. The molecule has 1 atom stereocenters. The molecule has 0 unspecified atom stereocenters. The number of carbonyl (C=O) groups is 1. The number of para-hydroxylation sites is 1. The number of thiazole rings is 1. The molecule has 0 spiro atoms. The molecule has 5 nitrogen and oxygen atoms in total. The van der Waals surface area contributed by atoms with Gasteiger partial charge in [-0.25, -0.2) is 9.78 Å². The van der Waals surface area contributed by atoms with Crippen LogP contribution in [0.2, 0.25) is 0 Å². The molecule has 1 aliphatic rings. The molecule has 2 aromatic heterocycles. The summed E-state index contributed by atoms with van der Waals surface area (Å²) in [6, 6.07) is 7.75. The zero-order chi connectivity index (χ0) is 16.5. The highest BCUT2D eigenvalue weighted by molar-refractivity contribution is 7.09. The second-order valence-corrected chi connectivity index (χ2v) is 7.09. The van der Waals surface area contributed by atoms with E-state index in [1.807, 2.05) is 36.6 Å². The third-order valence-electron chi connectivity index (χ3n) is 4.45. The molecule has 0 aliphatic heterocycles. The first-order valence-electron chi connectivity index (χ1n) is 8.13. The number of furan rings is 1. The van der Waals surface area contributed by atoms with Crippen LogP contribution in [0.25, 0.3) is 11.0 Å². The lowest BCUT2D eigenvalue weighted by Crippen LogP contribution is -2.38. The Labute approximate surface area is 144 Å². The molecule has 3 aromatic rings. The lowest BCUT2D eigenvalue weighted by Gasteiger charge is -2.16. The predicted octanol–water partition coefficient (Wildman–Crippen LogP) is 4.15. The van der Waals surface area contributed by atoms with Crippen LogP contribution in [0.4, 0.5) is 4.79 Å². The van der Waals surface area contributed by atoms with Crippen molar-refractivity contribution in [3.8, 4) is 0 Å². The normalized spacial score (nSPS) is 15.4. The average molecular weight is 341 g/mol. The Morgan fingerprint density at radius 2 is 2.25 bits per heavy atom. The van der Waals surface area contributed by atoms with Gasteiger partial charge in [0, 0.05) is 22.5 Å². The fraction of sp³-hybridized carbons (Fsp3) is 0.333. The summed E-state index contributed by atoms with van der Waals surface area (Å²) in [6.07, 6.45) is 4.08. The first-order chi connectivity index (χ1) is 11.7. The van der Waals surface area contributed by atoms with Gasteiger partial charge in [-0.05, 0) is 31.7 Å². The molecule has 124 valence electrons. The molecule has 1 aromatic carbocycles. The van der Waals surface area contributed by atoms with Gasteiger partial charge >= 0.3 is 6.03 Å². The minimum absolute atomic E-state index is 0.0155. The number of hydrogen-bond donors (Lipinski definition) is 2.